The summed E-state index contributed by atoms with van der Waals surface area (Å²) < 4.78 is 21.9. The molecule has 0 fully saturated rings. The van der Waals surface area contributed by atoms with Gasteiger partial charge in [0, 0.05) is 43.3 Å². The van der Waals surface area contributed by atoms with Crippen LogP contribution in [0.2, 0.25) is 0 Å². The lowest BCUT2D eigenvalue weighted by molar-refractivity contribution is 0.490. The number of halogens is 2. The van der Waals surface area contributed by atoms with Gasteiger partial charge in [0.05, 0.1) is 0 Å². The second-order valence-corrected chi connectivity index (χ2v) is 15.2. The number of rotatable bonds is 13. The van der Waals surface area contributed by atoms with E-state index < -0.39 is 12.1 Å². The quantitative estimate of drug-likeness (QED) is 0.262. The maximum atomic E-state index is 11.0. The third-order valence-corrected chi connectivity index (χ3v) is 6.98. The van der Waals surface area contributed by atoms with E-state index in [4.69, 9.17) is 9.79 Å². The average Bonchev–Trinajstić information content (AvgIpc) is 2.27. The van der Waals surface area contributed by atoms with Crippen LogP contribution in [-0.2, 0) is 9.13 Å². The summed E-state index contributed by atoms with van der Waals surface area (Å²) in [6.07, 6.45) is 5.49. The summed E-state index contributed by atoms with van der Waals surface area (Å²) >= 11 is 5.58. The summed E-state index contributed by atoms with van der Waals surface area (Å²) in [5.74, 6) is 0. The summed E-state index contributed by atoms with van der Waals surface area (Å²) in [7, 11) is 0. The molecule has 2 N–H and O–H groups in total. The van der Waals surface area contributed by atoms with Gasteiger partial charge in [0.2, 0.25) is 0 Å². The molecule has 0 aromatic rings. The molecule has 0 heterocycles. The summed E-state index contributed by atoms with van der Waals surface area (Å²) in [6.45, 7) is 0. The number of hydrogen-bond donors (Lipinski definition) is 2. The lowest BCUT2D eigenvalue weighted by Gasteiger charge is -2.04. The van der Waals surface area contributed by atoms with Crippen molar-refractivity contribution in [2.75, 3.05) is 12.3 Å². The summed E-state index contributed by atoms with van der Waals surface area (Å²) in [5.41, 5.74) is 0. The molecule has 2 atom stereocenters. The van der Waals surface area contributed by atoms with E-state index in [-0.39, 0.29) is 0 Å². The summed E-state index contributed by atoms with van der Waals surface area (Å²) in [6, 6.07) is 0. The molecule has 4 nitrogen and oxygen atoms in total. The van der Waals surface area contributed by atoms with E-state index in [2.05, 4.69) is 31.0 Å². The molecular weight excluding hydrogens is 430 g/mol. The second kappa shape index (κ2) is 11.8. The molecule has 20 heavy (non-hydrogen) atoms. The van der Waals surface area contributed by atoms with E-state index in [0.29, 0.717) is 12.3 Å². The van der Waals surface area contributed by atoms with Gasteiger partial charge in [0.25, 0.3) is 12.1 Å². The zero-order valence-electron chi connectivity index (χ0n) is 11.8. The molecule has 8 heteroatoms. The molecule has 0 saturated heterocycles. The molecule has 0 aromatic heterocycles. The van der Waals surface area contributed by atoms with E-state index in [0.717, 1.165) is 38.5 Å². The largest absolute Gasteiger partial charge is 0.337 e. The Bertz CT molecular complexity index is 295. The molecule has 0 spiro atoms. The van der Waals surface area contributed by atoms with Gasteiger partial charge in [-0.15, -0.1) is 0 Å². The third-order valence-electron chi connectivity index (χ3n) is 3.12. The Kier molecular flexibility index (Phi) is 12.6. The van der Waals surface area contributed by atoms with Crippen LogP contribution in [0.3, 0.4) is 0 Å². The van der Waals surface area contributed by atoms with Crippen molar-refractivity contribution in [2.24, 2.45) is 0 Å². The van der Waals surface area contributed by atoms with Gasteiger partial charge in [-0.05, 0) is 12.8 Å². The SMILES string of the molecule is O=P(O)(Br)CCCCCCCCCCCCP(=O)(O)Br. The smallest absolute Gasteiger partial charge is 0.263 e. The van der Waals surface area contributed by atoms with Crippen molar-refractivity contribution in [3.63, 3.8) is 0 Å². The summed E-state index contributed by atoms with van der Waals surface area (Å²) in [4.78, 5) is 18.1. The van der Waals surface area contributed by atoms with Crippen LogP contribution in [0.5, 0.6) is 0 Å². The standard InChI is InChI=1S/C12H26Br2O4P2/c13-19(15,16)11-9-7-5-3-1-2-4-6-8-10-12-20(14,17)18/h1-12H2,(H,15,16)(H,17,18). The third kappa shape index (κ3) is 19.3. The highest BCUT2D eigenvalue weighted by molar-refractivity contribution is 9.40. The molecule has 0 aromatic carbocycles. The minimum Gasteiger partial charge on any atom is -0.337 e. The van der Waals surface area contributed by atoms with E-state index in [9.17, 15) is 9.13 Å². The van der Waals surface area contributed by atoms with Crippen LogP contribution in [0, 0.1) is 0 Å². The first kappa shape index (κ1) is 21.3. The average molecular weight is 456 g/mol. The van der Waals surface area contributed by atoms with Gasteiger partial charge in [-0.2, -0.15) is 0 Å². The molecule has 0 bridgehead atoms. The Balaban J connectivity index is 3.14. The van der Waals surface area contributed by atoms with E-state index in [1.165, 1.54) is 25.7 Å². The van der Waals surface area contributed by atoms with Gasteiger partial charge in [-0.3, -0.25) is 9.13 Å². The monoisotopic (exact) mass is 454 g/mol. The van der Waals surface area contributed by atoms with Gasteiger partial charge in [-0.25, -0.2) is 0 Å². The first-order valence-electron chi connectivity index (χ1n) is 7.24. The molecule has 0 aliphatic heterocycles. The van der Waals surface area contributed by atoms with Crippen molar-refractivity contribution < 1.29 is 18.9 Å². The highest BCUT2D eigenvalue weighted by Gasteiger charge is 2.11. The normalized spacial score (nSPS) is 17.6. The fraction of sp³-hybridized carbons (Fsp3) is 1.00. The molecule has 0 aliphatic carbocycles. The first-order chi connectivity index (χ1) is 9.21. The fourth-order valence-corrected chi connectivity index (χ4v) is 4.76. The molecular formula is C12H26Br2O4P2. The van der Waals surface area contributed by atoms with Crippen molar-refractivity contribution in [1.29, 1.82) is 0 Å². The van der Waals surface area contributed by atoms with Crippen molar-refractivity contribution in [1.82, 2.24) is 0 Å². The van der Waals surface area contributed by atoms with Crippen molar-refractivity contribution in [3.05, 3.63) is 0 Å². The Morgan fingerprint density at radius 2 is 0.750 bits per heavy atom. The zero-order chi connectivity index (χ0) is 15.5. The van der Waals surface area contributed by atoms with Crippen LogP contribution in [0.4, 0.5) is 0 Å². The maximum Gasteiger partial charge on any atom is 0.263 e. The molecule has 2 unspecified atom stereocenters. The van der Waals surface area contributed by atoms with E-state index >= 15 is 0 Å². The molecule has 122 valence electrons. The highest BCUT2D eigenvalue weighted by atomic mass is 79.9. The zero-order valence-corrected chi connectivity index (χ0v) is 16.8. The number of unbranched alkanes of at least 4 members (excludes halogenated alkanes) is 9. The minimum absolute atomic E-state index is 0.370. The Labute approximate surface area is 138 Å². The van der Waals surface area contributed by atoms with E-state index in [1.54, 1.807) is 0 Å². The Morgan fingerprint density at radius 1 is 0.550 bits per heavy atom. The van der Waals surface area contributed by atoms with Crippen LogP contribution in [-0.4, -0.2) is 22.1 Å². The van der Waals surface area contributed by atoms with Crippen molar-refractivity contribution in [3.8, 4) is 0 Å². The molecule has 0 saturated carbocycles. The van der Waals surface area contributed by atoms with Crippen LogP contribution in [0.15, 0.2) is 0 Å². The van der Waals surface area contributed by atoms with Crippen LogP contribution in [0.25, 0.3) is 0 Å². The Hall–Kier alpha value is 1.34. The number of hydrogen-bond acceptors (Lipinski definition) is 2. The van der Waals surface area contributed by atoms with Gasteiger partial charge >= 0.3 is 0 Å². The molecule has 0 radical (unpaired) electrons. The second-order valence-electron chi connectivity index (χ2n) is 5.22. The van der Waals surface area contributed by atoms with Gasteiger partial charge in [-0.1, -0.05) is 51.4 Å². The maximum absolute atomic E-state index is 11.0. The topological polar surface area (TPSA) is 74.6 Å². The summed E-state index contributed by atoms with van der Waals surface area (Å²) in [5, 5.41) is 0. The fourth-order valence-electron chi connectivity index (χ4n) is 2.03. The van der Waals surface area contributed by atoms with Gasteiger partial charge in [0.1, 0.15) is 0 Å². The lowest BCUT2D eigenvalue weighted by atomic mass is 10.1. The first-order valence-corrected chi connectivity index (χ1v) is 15.0. The molecule has 0 amide bonds. The molecule has 0 rings (SSSR count). The highest BCUT2D eigenvalue weighted by Crippen LogP contribution is 2.50. The van der Waals surface area contributed by atoms with Gasteiger partial charge in [0.15, 0.2) is 0 Å². The lowest BCUT2D eigenvalue weighted by Crippen LogP contribution is -1.86. The van der Waals surface area contributed by atoms with Crippen LogP contribution >= 0.6 is 43.1 Å². The molecule has 0 aliphatic rings. The van der Waals surface area contributed by atoms with Crippen LogP contribution in [0.1, 0.15) is 64.2 Å². The Morgan fingerprint density at radius 3 is 0.950 bits per heavy atom. The van der Waals surface area contributed by atoms with Crippen molar-refractivity contribution >= 4 is 43.1 Å². The predicted molar refractivity (Wildman–Crippen MR) is 93.4 cm³/mol. The minimum atomic E-state index is -2.98. The van der Waals surface area contributed by atoms with Gasteiger partial charge < -0.3 is 9.79 Å². The van der Waals surface area contributed by atoms with E-state index in [1.807, 2.05) is 0 Å². The predicted octanol–water partition coefficient (Wildman–Crippen LogP) is 6.05. The van der Waals surface area contributed by atoms with Crippen LogP contribution < -0.4 is 0 Å². The van der Waals surface area contributed by atoms with Crippen molar-refractivity contribution in [2.45, 2.75) is 64.2 Å².